The first-order valence-corrected chi connectivity index (χ1v) is 19.7. The van der Waals surface area contributed by atoms with E-state index in [1.54, 1.807) is 34.2 Å². The molecule has 2 N–H and O–H groups in total. The molecule has 0 bridgehead atoms. The zero-order valence-electron chi connectivity index (χ0n) is 33.7. The average Bonchev–Trinajstić information content (AvgIpc) is 3.89. The number of aromatic nitrogens is 12. The number of hydrogen-bond acceptors (Lipinski definition) is 14. The van der Waals surface area contributed by atoms with E-state index >= 15 is 0 Å². The zero-order valence-corrected chi connectivity index (χ0v) is 34.4. The molecule has 0 aliphatic carbocycles. The first-order valence-electron chi connectivity index (χ1n) is 19.3. The van der Waals surface area contributed by atoms with Gasteiger partial charge in [-0.1, -0.05) is 39.3 Å². The Labute approximate surface area is 346 Å². The molecule has 9 rings (SSSR count). The maximum Gasteiger partial charge on any atom is 0.154 e. The SMILES string of the molecule is CC(C)c1cnnc(Nc2ccc3ncc(-c4cnn(C)c4)c(Cl)c3n2)c1.CC(C)c1cnnc(Nc2ccc3ncc(-c4cnn(C)c4)c(N4CCOCC4)c3n2)c1. The summed E-state index contributed by atoms with van der Waals surface area (Å²) >= 11 is 6.63. The Hall–Kier alpha value is -6.65. The van der Waals surface area contributed by atoms with E-state index in [1.165, 1.54) is 0 Å². The van der Waals surface area contributed by atoms with Gasteiger partial charge in [-0.25, -0.2) is 9.97 Å². The first kappa shape index (κ1) is 39.2. The minimum absolute atomic E-state index is 0.367. The highest BCUT2D eigenvalue weighted by Gasteiger charge is 2.22. The van der Waals surface area contributed by atoms with Crippen LogP contribution in [0.4, 0.5) is 29.0 Å². The topological polar surface area (TPSA) is 175 Å². The van der Waals surface area contributed by atoms with Crippen molar-refractivity contribution >= 4 is 62.6 Å². The Morgan fingerprint density at radius 3 is 1.66 bits per heavy atom. The van der Waals surface area contributed by atoms with Crippen molar-refractivity contribution in [2.24, 2.45) is 14.1 Å². The molecule has 17 heteroatoms. The minimum Gasteiger partial charge on any atom is -0.378 e. The van der Waals surface area contributed by atoms with Crippen molar-refractivity contribution in [3.05, 3.63) is 102 Å². The predicted octanol–water partition coefficient (Wildman–Crippen LogP) is 7.86. The summed E-state index contributed by atoms with van der Waals surface area (Å²) in [5.41, 5.74) is 10.0. The van der Waals surface area contributed by atoms with Crippen molar-refractivity contribution in [2.45, 2.75) is 39.5 Å². The van der Waals surface area contributed by atoms with Crippen LogP contribution in [-0.2, 0) is 18.8 Å². The molecular formula is C42H44ClN15O. The van der Waals surface area contributed by atoms with Gasteiger partial charge in [0.05, 0.1) is 59.7 Å². The Kier molecular flexibility index (Phi) is 11.3. The molecule has 0 atom stereocenters. The molecule has 9 heterocycles. The van der Waals surface area contributed by atoms with Gasteiger partial charge >= 0.3 is 0 Å². The summed E-state index contributed by atoms with van der Waals surface area (Å²) in [5, 5.41) is 32.1. The lowest BCUT2D eigenvalue weighted by molar-refractivity contribution is 0.123. The smallest absolute Gasteiger partial charge is 0.154 e. The molecule has 1 fully saturated rings. The zero-order chi connectivity index (χ0) is 41.0. The first-order chi connectivity index (χ1) is 28.6. The second kappa shape index (κ2) is 17.1. The van der Waals surface area contributed by atoms with Gasteiger partial charge < -0.3 is 20.3 Å². The lowest BCUT2D eigenvalue weighted by Crippen LogP contribution is -2.36. The Bertz CT molecular complexity index is 2740. The number of fused-ring (bicyclic) bond motifs is 2. The van der Waals surface area contributed by atoms with Crippen molar-refractivity contribution < 1.29 is 4.74 Å². The number of nitrogens with one attached hydrogen (secondary N) is 2. The fourth-order valence-corrected chi connectivity index (χ4v) is 6.94. The Balaban J connectivity index is 0.000000167. The molecule has 8 aromatic heterocycles. The van der Waals surface area contributed by atoms with Crippen molar-refractivity contribution in [3.8, 4) is 22.3 Å². The molecule has 0 amide bonds. The third-order valence-corrected chi connectivity index (χ3v) is 10.3. The summed E-state index contributed by atoms with van der Waals surface area (Å²) < 4.78 is 9.12. The van der Waals surface area contributed by atoms with Crippen LogP contribution in [0.25, 0.3) is 44.3 Å². The summed E-state index contributed by atoms with van der Waals surface area (Å²) in [4.78, 5) is 21.1. The number of anilines is 5. The molecule has 0 radical (unpaired) electrons. The number of hydrogen-bond donors (Lipinski definition) is 2. The van der Waals surface area contributed by atoms with Gasteiger partial charge in [0.1, 0.15) is 22.7 Å². The number of aryl methyl sites for hydroxylation is 2. The monoisotopic (exact) mass is 809 g/mol. The molecule has 0 spiro atoms. The molecule has 16 nitrogen and oxygen atoms in total. The van der Waals surface area contributed by atoms with Crippen LogP contribution in [0.5, 0.6) is 0 Å². The number of nitrogens with zero attached hydrogens (tertiary/aromatic N) is 13. The summed E-state index contributed by atoms with van der Waals surface area (Å²) in [7, 11) is 3.78. The van der Waals surface area contributed by atoms with Crippen LogP contribution >= 0.6 is 11.6 Å². The predicted molar refractivity (Wildman–Crippen MR) is 230 cm³/mol. The van der Waals surface area contributed by atoms with Crippen LogP contribution in [0.3, 0.4) is 0 Å². The highest BCUT2D eigenvalue weighted by molar-refractivity contribution is 6.37. The van der Waals surface area contributed by atoms with E-state index < -0.39 is 0 Å². The normalized spacial score (nSPS) is 12.9. The summed E-state index contributed by atoms with van der Waals surface area (Å²) in [6.07, 6.45) is 14.7. The molecular weight excluding hydrogens is 766 g/mol. The van der Waals surface area contributed by atoms with Crippen LogP contribution in [0.1, 0.15) is 50.7 Å². The van der Waals surface area contributed by atoms with Gasteiger partial charge in [-0.2, -0.15) is 20.4 Å². The highest BCUT2D eigenvalue weighted by Crippen LogP contribution is 2.37. The Morgan fingerprint density at radius 1 is 0.627 bits per heavy atom. The van der Waals surface area contributed by atoms with Crippen LogP contribution in [0.15, 0.2) is 86.0 Å². The van der Waals surface area contributed by atoms with Crippen molar-refractivity contribution in [1.29, 1.82) is 0 Å². The molecule has 0 saturated carbocycles. The lowest BCUT2D eigenvalue weighted by atomic mass is 10.1. The molecule has 8 aromatic rings. The van der Waals surface area contributed by atoms with Crippen LogP contribution in [-0.4, -0.2) is 86.2 Å². The lowest BCUT2D eigenvalue weighted by Gasteiger charge is -2.31. The fourth-order valence-electron chi connectivity index (χ4n) is 6.65. The second-order valence-electron chi connectivity index (χ2n) is 14.8. The Morgan fingerprint density at radius 2 is 1.14 bits per heavy atom. The van der Waals surface area contributed by atoms with Gasteiger partial charge in [-0.15, -0.1) is 10.2 Å². The highest BCUT2D eigenvalue weighted by atomic mass is 35.5. The third-order valence-electron chi connectivity index (χ3n) is 9.89. The maximum atomic E-state index is 6.63. The third kappa shape index (κ3) is 8.78. The van der Waals surface area contributed by atoms with Crippen LogP contribution in [0.2, 0.25) is 5.02 Å². The minimum atomic E-state index is 0.367. The van der Waals surface area contributed by atoms with E-state index in [0.29, 0.717) is 58.9 Å². The van der Waals surface area contributed by atoms with E-state index in [1.807, 2.05) is 75.3 Å². The van der Waals surface area contributed by atoms with E-state index in [-0.39, 0.29) is 0 Å². The molecule has 0 unspecified atom stereocenters. The van der Waals surface area contributed by atoms with Crippen molar-refractivity contribution in [3.63, 3.8) is 0 Å². The molecule has 1 aliphatic heterocycles. The van der Waals surface area contributed by atoms with Gasteiger partial charge in [0, 0.05) is 74.2 Å². The van der Waals surface area contributed by atoms with Gasteiger partial charge in [0.2, 0.25) is 0 Å². The van der Waals surface area contributed by atoms with Crippen LogP contribution in [0, 0.1) is 0 Å². The number of halogens is 1. The molecule has 1 aliphatic rings. The number of morpholine rings is 1. The number of pyridine rings is 4. The van der Waals surface area contributed by atoms with Gasteiger partial charge in [-0.3, -0.25) is 19.3 Å². The van der Waals surface area contributed by atoms with Gasteiger partial charge in [0.25, 0.3) is 0 Å². The number of rotatable bonds is 9. The molecule has 0 aromatic carbocycles. The largest absolute Gasteiger partial charge is 0.378 e. The van der Waals surface area contributed by atoms with E-state index in [4.69, 9.17) is 26.3 Å². The van der Waals surface area contributed by atoms with Crippen molar-refractivity contribution in [1.82, 2.24) is 59.9 Å². The van der Waals surface area contributed by atoms with Gasteiger partial charge in [-0.05, 0) is 59.4 Å². The summed E-state index contributed by atoms with van der Waals surface area (Å²) in [6.45, 7) is 11.5. The molecule has 59 heavy (non-hydrogen) atoms. The average molecular weight is 810 g/mol. The second-order valence-corrected chi connectivity index (χ2v) is 15.2. The van der Waals surface area contributed by atoms with Gasteiger partial charge in [0.15, 0.2) is 11.6 Å². The van der Waals surface area contributed by atoms with E-state index in [2.05, 4.69) is 83.8 Å². The van der Waals surface area contributed by atoms with Crippen LogP contribution < -0.4 is 15.5 Å². The molecule has 1 saturated heterocycles. The quantitative estimate of drug-likeness (QED) is 0.144. The fraction of sp³-hybridized carbons (Fsp3) is 0.286. The summed E-state index contributed by atoms with van der Waals surface area (Å²) in [6, 6.07) is 11.6. The van der Waals surface area contributed by atoms with E-state index in [0.717, 1.165) is 68.7 Å². The summed E-state index contributed by atoms with van der Waals surface area (Å²) in [5.74, 6) is 3.38. The molecule has 300 valence electrons. The van der Waals surface area contributed by atoms with E-state index in [9.17, 15) is 0 Å². The maximum absolute atomic E-state index is 6.63. The van der Waals surface area contributed by atoms with Crippen molar-refractivity contribution in [2.75, 3.05) is 41.8 Å². The number of ether oxygens (including phenoxy) is 1. The standard InChI is InChI=1S/C23H26N8O.C19H18ClN7/c1-15(2)16-10-21(29-25-11-16)27-20-5-4-19-22(28-20)23(31-6-8-32-9-7-31)18(13-24-19)17-12-26-30(3)14-17;1-11(2)12-6-17(26-22-7-12)24-16-5-4-15-19(25-16)18(20)14(9-21-15)13-8-23-27(3)10-13/h4-5,10-15H,6-9H2,1-3H3,(H,27,28,29);4-11H,1-3H3,(H,24,25,26).